The smallest absolute Gasteiger partial charge is 0.411 e. The molecular weight excluding hydrogens is 298 g/mol. The second-order valence-electron chi connectivity index (χ2n) is 6.81. The minimum absolute atomic E-state index is 0.215. The number of ether oxygens (including phenoxy) is 1. The molecule has 0 saturated heterocycles. The molecule has 1 aromatic rings. The maximum absolute atomic E-state index is 12.6. The van der Waals surface area contributed by atoms with Crippen LogP contribution in [0.4, 0.5) is 4.79 Å². The molecule has 1 N–H and O–H groups in total. The van der Waals surface area contributed by atoms with Crippen molar-refractivity contribution in [2.24, 2.45) is 0 Å². The Labute approximate surface area is 136 Å². The second kappa shape index (κ2) is 6.52. The number of aromatic nitrogens is 2. The van der Waals surface area contributed by atoms with Gasteiger partial charge in [-0.15, -0.1) is 0 Å². The summed E-state index contributed by atoms with van der Waals surface area (Å²) in [6.07, 6.45) is 2.19. The third-order valence-electron chi connectivity index (χ3n) is 3.35. The number of carbonyl (C=O) groups is 2. The molecule has 7 heteroatoms. The first-order valence-electron chi connectivity index (χ1n) is 7.45. The summed E-state index contributed by atoms with van der Waals surface area (Å²) in [6, 6.07) is -0.410. The molecule has 0 aliphatic heterocycles. The Kier molecular flexibility index (Phi) is 5.35. The molecule has 1 unspecified atom stereocenters. The number of amides is 1. The van der Waals surface area contributed by atoms with E-state index in [1.54, 1.807) is 41.5 Å². The Balaban J connectivity index is 3.47. The average Bonchev–Trinajstić information content (AvgIpc) is 2.35. The van der Waals surface area contributed by atoms with Crippen LogP contribution >= 0.6 is 0 Å². The van der Waals surface area contributed by atoms with E-state index in [1.165, 1.54) is 24.2 Å². The molecule has 7 nitrogen and oxygen atoms in total. The van der Waals surface area contributed by atoms with Gasteiger partial charge in [-0.2, -0.15) is 0 Å². The lowest BCUT2D eigenvalue weighted by Crippen LogP contribution is -2.57. The summed E-state index contributed by atoms with van der Waals surface area (Å²) in [5, 5.41) is 9.86. The van der Waals surface area contributed by atoms with Crippen LogP contribution in [0.2, 0.25) is 0 Å². The van der Waals surface area contributed by atoms with Crippen molar-refractivity contribution in [3.05, 3.63) is 23.8 Å². The molecule has 0 aliphatic rings. The van der Waals surface area contributed by atoms with Crippen LogP contribution in [-0.2, 0) is 15.1 Å². The van der Waals surface area contributed by atoms with Crippen LogP contribution in [0, 0.1) is 6.92 Å². The first-order chi connectivity index (χ1) is 10.4. The highest BCUT2D eigenvalue weighted by molar-refractivity contribution is 5.85. The number of carboxylic acids is 1. The Bertz CT molecular complexity index is 595. The Morgan fingerprint density at radius 3 is 2.09 bits per heavy atom. The summed E-state index contributed by atoms with van der Waals surface area (Å²) in [7, 11) is 0. The van der Waals surface area contributed by atoms with Gasteiger partial charge >= 0.3 is 12.1 Å². The number of nitrogens with zero attached hydrogens (tertiary/aromatic N) is 3. The van der Waals surface area contributed by atoms with E-state index in [9.17, 15) is 14.7 Å². The molecule has 1 heterocycles. The summed E-state index contributed by atoms with van der Waals surface area (Å²) < 4.78 is 5.39. The van der Waals surface area contributed by atoms with Gasteiger partial charge in [0.15, 0.2) is 5.54 Å². The molecule has 0 bridgehead atoms. The monoisotopic (exact) mass is 323 g/mol. The van der Waals surface area contributed by atoms with Crippen LogP contribution in [0.3, 0.4) is 0 Å². The molecule has 0 saturated carbocycles. The van der Waals surface area contributed by atoms with E-state index >= 15 is 0 Å². The molecule has 0 aliphatic carbocycles. The second-order valence-corrected chi connectivity index (χ2v) is 6.81. The van der Waals surface area contributed by atoms with E-state index in [0.29, 0.717) is 5.69 Å². The normalized spacial score (nSPS) is 14.3. The minimum atomic E-state index is -1.69. The maximum atomic E-state index is 12.6. The Morgan fingerprint density at radius 1 is 1.17 bits per heavy atom. The largest absolute Gasteiger partial charge is 0.479 e. The van der Waals surface area contributed by atoms with Gasteiger partial charge in [0.1, 0.15) is 5.60 Å². The van der Waals surface area contributed by atoms with Crippen LogP contribution in [0.25, 0.3) is 0 Å². The lowest BCUT2D eigenvalue weighted by atomic mass is 9.92. The highest BCUT2D eigenvalue weighted by atomic mass is 16.6. The van der Waals surface area contributed by atoms with Crippen molar-refractivity contribution in [2.45, 2.75) is 65.6 Å². The van der Waals surface area contributed by atoms with Gasteiger partial charge in [-0.1, -0.05) is 0 Å². The van der Waals surface area contributed by atoms with E-state index in [0.717, 1.165) is 0 Å². The number of carboxylic acid groups (broad SMARTS) is 1. The number of aryl methyl sites for hydroxylation is 1. The van der Waals surface area contributed by atoms with Crippen molar-refractivity contribution >= 4 is 12.1 Å². The molecule has 0 spiro atoms. The fraction of sp³-hybridized carbons (Fsp3) is 0.625. The van der Waals surface area contributed by atoms with Crippen molar-refractivity contribution in [1.29, 1.82) is 0 Å². The predicted molar refractivity (Wildman–Crippen MR) is 85.0 cm³/mol. The van der Waals surface area contributed by atoms with Crippen LogP contribution in [0.1, 0.15) is 52.9 Å². The number of hydrogen-bond donors (Lipinski definition) is 1. The molecule has 1 rings (SSSR count). The SMILES string of the molecule is Cc1nccnc1C(C)(C(=O)O)N(C(=O)OC(C)(C)C)C(C)C. The van der Waals surface area contributed by atoms with Crippen molar-refractivity contribution < 1.29 is 19.4 Å². The van der Waals surface area contributed by atoms with Crippen molar-refractivity contribution in [2.75, 3.05) is 0 Å². The van der Waals surface area contributed by atoms with Crippen LogP contribution in [-0.4, -0.2) is 43.7 Å². The zero-order chi connectivity index (χ0) is 18.0. The summed E-state index contributed by atoms with van der Waals surface area (Å²) in [5.74, 6) is -1.19. The zero-order valence-corrected chi connectivity index (χ0v) is 14.7. The van der Waals surface area contributed by atoms with Gasteiger partial charge in [0.2, 0.25) is 0 Å². The van der Waals surface area contributed by atoms with Crippen molar-refractivity contribution in [3.8, 4) is 0 Å². The average molecular weight is 323 g/mol. The van der Waals surface area contributed by atoms with E-state index in [2.05, 4.69) is 9.97 Å². The van der Waals surface area contributed by atoms with Gasteiger partial charge in [-0.25, -0.2) is 9.59 Å². The van der Waals surface area contributed by atoms with E-state index in [-0.39, 0.29) is 5.69 Å². The van der Waals surface area contributed by atoms with Crippen molar-refractivity contribution in [1.82, 2.24) is 14.9 Å². The molecule has 1 atom stereocenters. The standard InChI is InChI=1S/C16H25N3O4/c1-10(2)19(14(22)23-15(4,5)6)16(7,13(20)21)12-11(3)17-8-9-18-12/h8-10H,1-7H3,(H,20,21). The summed E-state index contributed by atoms with van der Waals surface area (Å²) in [4.78, 5) is 34.2. The lowest BCUT2D eigenvalue weighted by Gasteiger charge is -2.41. The van der Waals surface area contributed by atoms with E-state index < -0.39 is 29.2 Å². The molecule has 23 heavy (non-hydrogen) atoms. The highest BCUT2D eigenvalue weighted by Gasteiger charge is 2.49. The Hall–Kier alpha value is -2.18. The number of hydrogen-bond acceptors (Lipinski definition) is 5. The molecule has 128 valence electrons. The lowest BCUT2D eigenvalue weighted by molar-refractivity contribution is -0.152. The summed E-state index contributed by atoms with van der Waals surface area (Å²) in [6.45, 7) is 11.8. The van der Waals surface area contributed by atoms with Crippen molar-refractivity contribution in [3.63, 3.8) is 0 Å². The van der Waals surface area contributed by atoms with Gasteiger partial charge in [0.05, 0.1) is 11.4 Å². The number of carbonyl (C=O) groups excluding carboxylic acids is 1. The molecule has 0 fully saturated rings. The minimum Gasteiger partial charge on any atom is -0.479 e. The van der Waals surface area contributed by atoms with E-state index in [1.807, 2.05) is 0 Å². The fourth-order valence-corrected chi connectivity index (χ4v) is 2.42. The van der Waals surface area contributed by atoms with Gasteiger partial charge in [0.25, 0.3) is 0 Å². The van der Waals surface area contributed by atoms with Crippen LogP contribution < -0.4 is 0 Å². The molecular formula is C16H25N3O4. The maximum Gasteiger partial charge on any atom is 0.411 e. The molecule has 1 aromatic heterocycles. The first-order valence-corrected chi connectivity index (χ1v) is 7.45. The third kappa shape index (κ3) is 3.97. The molecule has 0 radical (unpaired) electrons. The fourth-order valence-electron chi connectivity index (χ4n) is 2.42. The Morgan fingerprint density at radius 2 is 1.70 bits per heavy atom. The van der Waals surface area contributed by atoms with E-state index in [4.69, 9.17) is 4.74 Å². The van der Waals surface area contributed by atoms with Crippen LogP contribution in [0.5, 0.6) is 0 Å². The van der Waals surface area contributed by atoms with Gasteiger partial charge < -0.3 is 9.84 Å². The highest BCUT2D eigenvalue weighted by Crippen LogP contribution is 2.32. The quantitative estimate of drug-likeness (QED) is 0.916. The molecule has 0 aromatic carbocycles. The van der Waals surface area contributed by atoms with Crippen LogP contribution in [0.15, 0.2) is 12.4 Å². The summed E-state index contributed by atoms with van der Waals surface area (Å²) >= 11 is 0. The molecule has 1 amide bonds. The van der Waals surface area contributed by atoms with Gasteiger partial charge in [-0.3, -0.25) is 14.9 Å². The third-order valence-corrected chi connectivity index (χ3v) is 3.35. The number of aliphatic carboxylic acids is 1. The van der Waals surface area contributed by atoms with Gasteiger partial charge in [-0.05, 0) is 48.5 Å². The van der Waals surface area contributed by atoms with Gasteiger partial charge in [0, 0.05) is 18.4 Å². The zero-order valence-electron chi connectivity index (χ0n) is 14.7. The predicted octanol–water partition coefficient (Wildman–Crippen LogP) is 2.73. The first kappa shape index (κ1) is 18.9. The number of rotatable bonds is 4. The topological polar surface area (TPSA) is 92.6 Å². The summed E-state index contributed by atoms with van der Waals surface area (Å²) in [5.41, 5.74) is -1.76.